The number of nitrogens with one attached hydrogen (secondary N) is 1. The van der Waals surface area contributed by atoms with Crippen LogP contribution in [0.1, 0.15) is 10.4 Å². The molecule has 1 aromatic carbocycles. The lowest BCUT2D eigenvalue weighted by Crippen LogP contribution is -2.24. The minimum atomic E-state index is -0.575. The lowest BCUT2D eigenvalue weighted by Gasteiger charge is -2.04. The third-order valence-electron chi connectivity index (χ3n) is 1.54. The maximum absolute atomic E-state index is 13.2. The highest BCUT2D eigenvalue weighted by molar-refractivity contribution is 9.10. The van der Waals surface area contributed by atoms with Gasteiger partial charge < -0.3 is 5.32 Å². The van der Waals surface area contributed by atoms with Gasteiger partial charge in [-0.15, -0.1) is 6.42 Å². The monoisotopic (exact) mass is 255 g/mol. The lowest BCUT2D eigenvalue weighted by molar-refractivity contribution is 0.0954. The summed E-state index contributed by atoms with van der Waals surface area (Å²) < 4.78 is 13.6. The maximum Gasteiger partial charge on any atom is 0.256 e. The SMILES string of the molecule is C#CCNC(=O)c1c(F)cccc1Br. The molecule has 4 heteroatoms. The average molecular weight is 256 g/mol. The smallest absolute Gasteiger partial charge is 0.256 e. The summed E-state index contributed by atoms with van der Waals surface area (Å²) in [7, 11) is 0. The highest BCUT2D eigenvalue weighted by Crippen LogP contribution is 2.19. The molecule has 0 atom stereocenters. The van der Waals surface area contributed by atoms with E-state index >= 15 is 0 Å². The number of carbonyl (C=O) groups excluding carboxylic acids is 1. The van der Waals surface area contributed by atoms with Crippen LogP contribution in [-0.2, 0) is 0 Å². The number of hydrogen-bond acceptors (Lipinski definition) is 1. The summed E-state index contributed by atoms with van der Waals surface area (Å²) in [6.07, 6.45) is 4.96. The molecular weight excluding hydrogens is 249 g/mol. The first-order valence-electron chi connectivity index (χ1n) is 3.82. The van der Waals surface area contributed by atoms with Crippen LogP contribution in [0.25, 0.3) is 0 Å². The second-order valence-corrected chi connectivity index (χ2v) is 3.34. The van der Waals surface area contributed by atoms with Crippen LogP contribution in [0.5, 0.6) is 0 Å². The van der Waals surface area contributed by atoms with E-state index < -0.39 is 11.7 Å². The van der Waals surface area contributed by atoms with E-state index in [4.69, 9.17) is 6.42 Å². The number of amides is 1. The second-order valence-electron chi connectivity index (χ2n) is 2.48. The minimum absolute atomic E-state index is 0.0252. The third kappa shape index (κ3) is 2.33. The zero-order valence-electron chi connectivity index (χ0n) is 7.18. The molecule has 0 aliphatic rings. The molecule has 0 fully saturated rings. The van der Waals surface area contributed by atoms with Gasteiger partial charge >= 0.3 is 0 Å². The van der Waals surface area contributed by atoms with Gasteiger partial charge in [0.25, 0.3) is 5.91 Å². The fourth-order valence-electron chi connectivity index (χ4n) is 0.934. The van der Waals surface area contributed by atoms with Crippen molar-refractivity contribution in [1.82, 2.24) is 5.32 Å². The van der Waals surface area contributed by atoms with Crippen LogP contribution in [0.3, 0.4) is 0 Å². The van der Waals surface area contributed by atoms with Crippen molar-refractivity contribution in [2.45, 2.75) is 0 Å². The predicted octanol–water partition coefficient (Wildman–Crippen LogP) is 1.95. The van der Waals surface area contributed by atoms with E-state index in [1.165, 1.54) is 12.1 Å². The Morgan fingerprint density at radius 3 is 2.93 bits per heavy atom. The van der Waals surface area contributed by atoms with Crippen LogP contribution < -0.4 is 5.32 Å². The van der Waals surface area contributed by atoms with Crippen LogP contribution >= 0.6 is 15.9 Å². The standard InChI is InChI=1S/C10H7BrFNO/c1-2-6-13-10(14)9-7(11)4-3-5-8(9)12/h1,3-5H,6H2,(H,13,14). The van der Waals surface area contributed by atoms with Gasteiger partial charge in [0.2, 0.25) is 0 Å². The summed E-state index contributed by atoms with van der Waals surface area (Å²) in [6, 6.07) is 4.32. The molecule has 1 aromatic rings. The number of halogens is 2. The van der Waals surface area contributed by atoms with Crippen molar-refractivity contribution in [2.75, 3.05) is 6.54 Å². The Labute approximate surface area is 89.6 Å². The van der Waals surface area contributed by atoms with Gasteiger partial charge in [0, 0.05) is 4.47 Å². The third-order valence-corrected chi connectivity index (χ3v) is 2.20. The Kier molecular flexibility index (Phi) is 3.66. The molecule has 0 spiro atoms. The molecule has 0 aliphatic heterocycles. The van der Waals surface area contributed by atoms with Crippen LogP contribution in [0.2, 0.25) is 0 Å². The minimum Gasteiger partial charge on any atom is -0.341 e. The highest BCUT2D eigenvalue weighted by atomic mass is 79.9. The summed E-state index contributed by atoms with van der Waals surface area (Å²) in [5.41, 5.74) is -0.0252. The predicted molar refractivity (Wildman–Crippen MR) is 55.3 cm³/mol. The molecule has 0 bridgehead atoms. The van der Waals surface area contributed by atoms with Gasteiger partial charge in [0.1, 0.15) is 5.82 Å². The molecule has 14 heavy (non-hydrogen) atoms. The number of terminal acetylenes is 1. The van der Waals surface area contributed by atoms with Crippen molar-refractivity contribution in [3.63, 3.8) is 0 Å². The molecule has 0 aliphatic carbocycles. The van der Waals surface area contributed by atoms with E-state index in [0.29, 0.717) is 4.47 Å². The van der Waals surface area contributed by atoms with Gasteiger partial charge in [-0.1, -0.05) is 12.0 Å². The summed E-state index contributed by atoms with van der Waals surface area (Å²) in [4.78, 5) is 11.4. The van der Waals surface area contributed by atoms with E-state index in [1.54, 1.807) is 6.07 Å². The van der Waals surface area contributed by atoms with Crippen LogP contribution in [0.15, 0.2) is 22.7 Å². The van der Waals surface area contributed by atoms with E-state index in [-0.39, 0.29) is 12.1 Å². The second kappa shape index (κ2) is 4.77. The molecule has 1 N–H and O–H groups in total. The normalized spacial score (nSPS) is 9.21. The first-order chi connectivity index (χ1) is 6.66. The first kappa shape index (κ1) is 10.7. The Hall–Kier alpha value is -1.34. The average Bonchev–Trinajstić information content (AvgIpc) is 2.14. The Morgan fingerprint density at radius 2 is 2.36 bits per heavy atom. The quantitative estimate of drug-likeness (QED) is 0.805. The van der Waals surface area contributed by atoms with Crippen LogP contribution in [0.4, 0.5) is 4.39 Å². The van der Waals surface area contributed by atoms with Gasteiger partial charge in [0.05, 0.1) is 12.1 Å². The number of carbonyl (C=O) groups is 1. The van der Waals surface area contributed by atoms with Crippen molar-refractivity contribution in [3.05, 3.63) is 34.1 Å². The lowest BCUT2D eigenvalue weighted by atomic mass is 10.2. The Balaban J connectivity index is 2.95. The van der Waals surface area contributed by atoms with Gasteiger partial charge in [-0.2, -0.15) is 0 Å². The van der Waals surface area contributed by atoms with Gasteiger partial charge in [-0.05, 0) is 28.1 Å². The molecule has 72 valence electrons. The molecule has 0 saturated carbocycles. The molecule has 2 nitrogen and oxygen atoms in total. The van der Waals surface area contributed by atoms with Gasteiger partial charge in [0.15, 0.2) is 0 Å². The Bertz CT molecular complexity index is 377. The van der Waals surface area contributed by atoms with Crippen LogP contribution in [0, 0.1) is 18.2 Å². The van der Waals surface area contributed by atoms with E-state index in [1.807, 2.05) is 0 Å². The van der Waals surface area contributed by atoms with Crippen molar-refractivity contribution < 1.29 is 9.18 Å². The van der Waals surface area contributed by atoms with Crippen molar-refractivity contribution in [2.24, 2.45) is 0 Å². The molecule has 0 radical (unpaired) electrons. The summed E-state index contributed by atoms with van der Waals surface area (Å²) in [6.45, 7) is 0.0829. The molecule has 0 aromatic heterocycles. The summed E-state index contributed by atoms with van der Waals surface area (Å²) >= 11 is 3.09. The van der Waals surface area contributed by atoms with Crippen molar-refractivity contribution in [1.29, 1.82) is 0 Å². The highest BCUT2D eigenvalue weighted by Gasteiger charge is 2.13. The number of hydrogen-bond donors (Lipinski definition) is 1. The molecule has 0 saturated heterocycles. The maximum atomic E-state index is 13.2. The number of benzene rings is 1. The first-order valence-corrected chi connectivity index (χ1v) is 4.61. The zero-order valence-corrected chi connectivity index (χ0v) is 8.77. The number of rotatable bonds is 2. The molecule has 1 amide bonds. The molecule has 0 unspecified atom stereocenters. The molecule has 0 heterocycles. The fourth-order valence-corrected chi connectivity index (χ4v) is 1.46. The topological polar surface area (TPSA) is 29.1 Å². The molecule has 1 rings (SSSR count). The Morgan fingerprint density at radius 1 is 1.64 bits per heavy atom. The van der Waals surface area contributed by atoms with E-state index in [2.05, 4.69) is 27.2 Å². The summed E-state index contributed by atoms with van der Waals surface area (Å²) in [5.74, 6) is 1.14. The van der Waals surface area contributed by atoms with Crippen molar-refractivity contribution >= 4 is 21.8 Å². The fraction of sp³-hybridized carbons (Fsp3) is 0.100. The van der Waals surface area contributed by atoms with Gasteiger partial charge in [-0.25, -0.2) is 4.39 Å². The summed E-state index contributed by atoms with van der Waals surface area (Å²) in [5, 5.41) is 2.39. The zero-order chi connectivity index (χ0) is 10.6. The van der Waals surface area contributed by atoms with Crippen LogP contribution in [-0.4, -0.2) is 12.5 Å². The van der Waals surface area contributed by atoms with E-state index in [9.17, 15) is 9.18 Å². The largest absolute Gasteiger partial charge is 0.341 e. The van der Waals surface area contributed by atoms with E-state index in [0.717, 1.165) is 0 Å². The van der Waals surface area contributed by atoms with Gasteiger partial charge in [-0.3, -0.25) is 4.79 Å². The van der Waals surface area contributed by atoms with Crippen molar-refractivity contribution in [3.8, 4) is 12.3 Å². The molecular formula is C10H7BrFNO.